The van der Waals surface area contributed by atoms with Gasteiger partial charge in [-0.15, -0.1) is 0 Å². The van der Waals surface area contributed by atoms with Gasteiger partial charge in [-0.25, -0.2) is 14.4 Å². The van der Waals surface area contributed by atoms with Crippen molar-refractivity contribution in [1.29, 1.82) is 0 Å². The molecule has 0 saturated heterocycles. The van der Waals surface area contributed by atoms with Gasteiger partial charge in [-0.1, -0.05) is 0 Å². The maximum Gasteiger partial charge on any atom is 0.330 e. The molecule has 0 spiro atoms. The lowest BCUT2D eigenvalue weighted by atomic mass is 10.0. The van der Waals surface area contributed by atoms with Gasteiger partial charge in [0.2, 0.25) is 17.7 Å². The fourth-order valence-electron chi connectivity index (χ4n) is 3.65. The van der Waals surface area contributed by atoms with Crippen molar-refractivity contribution in [3.63, 3.8) is 0 Å². The second-order valence-corrected chi connectivity index (χ2v) is 14.8. The summed E-state index contributed by atoms with van der Waals surface area (Å²) in [5, 5.41) is 7.65. The first kappa shape index (κ1) is 40.8. The predicted molar refractivity (Wildman–Crippen MR) is 171 cm³/mol. The number of hydrogen-bond acceptors (Lipinski definition) is 13. The van der Waals surface area contributed by atoms with Crippen molar-refractivity contribution in [3.8, 4) is 0 Å². The number of rotatable bonds is 18. The maximum atomic E-state index is 13.1. The van der Waals surface area contributed by atoms with Crippen LogP contribution in [0, 0.1) is 0 Å². The fraction of sp³-hybridized carbons (Fsp3) is 0.778. The number of esters is 3. The van der Waals surface area contributed by atoms with Crippen molar-refractivity contribution in [1.82, 2.24) is 20.9 Å². The normalized spacial score (nSPS) is 14.2. The number of carbonyl (C=O) groups excluding carboxylic acids is 6. The highest BCUT2D eigenvalue weighted by atomic mass is 32.1. The highest BCUT2D eigenvalue weighted by Crippen LogP contribution is 2.21. The molecule has 0 radical (unpaired) electrons. The van der Waals surface area contributed by atoms with Gasteiger partial charge in [0.1, 0.15) is 18.1 Å². The van der Waals surface area contributed by atoms with Crippen molar-refractivity contribution in [2.24, 2.45) is 0 Å². The molecule has 0 saturated carbocycles. The fourth-order valence-corrected chi connectivity index (χ4v) is 4.16. The molecule has 0 aliphatic rings. The summed E-state index contributed by atoms with van der Waals surface area (Å²) in [7, 11) is 0. The molecule has 0 heterocycles. The zero-order valence-electron chi connectivity index (χ0n) is 26.4. The quantitative estimate of drug-likeness (QED) is 0.0690. The van der Waals surface area contributed by atoms with Gasteiger partial charge in [-0.2, -0.15) is 37.9 Å². The molecule has 13 nitrogen and oxygen atoms in total. The molecule has 0 aromatic carbocycles. The third-order valence-electron chi connectivity index (χ3n) is 5.70. The first-order valence-electron chi connectivity index (χ1n) is 13.9. The SMILES string of the molecule is CCOC(=O)C(NC(=O)CN(CC(=O)NC(C(=O)OCC)C(C)(C)S)CC(=O)NC(C(=O)OCC)C(C)(C)S)C(C)(C)S. The lowest BCUT2D eigenvalue weighted by Crippen LogP contribution is -2.58. The summed E-state index contributed by atoms with van der Waals surface area (Å²) in [5.41, 5.74) is 0. The lowest BCUT2D eigenvalue weighted by molar-refractivity contribution is -0.148. The molecule has 0 aliphatic carbocycles. The predicted octanol–water partition coefficient (Wildman–Crippen LogP) is 0.557. The van der Waals surface area contributed by atoms with Crippen LogP contribution in [0.5, 0.6) is 0 Å². The molecule has 248 valence electrons. The summed E-state index contributed by atoms with van der Waals surface area (Å²) < 4.78 is 12.1. The first-order chi connectivity index (χ1) is 19.6. The highest BCUT2D eigenvalue weighted by Gasteiger charge is 2.38. The summed E-state index contributed by atoms with van der Waals surface area (Å²) in [6.07, 6.45) is 0. The summed E-state index contributed by atoms with van der Waals surface area (Å²) in [6.45, 7) is 13.2. The number of hydrogen-bond donors (Lipinski definition) is 6. The van der Waals surface area contributed by atoms with E-state index in [4.69, 9.17) is 14.2 Å². The topological polar surface area (TPSA) is 169 Å². The Bertz CT molecular complexity index is 868. The van der Waals surface area contributed by atoms with E-state index in [1.807, 2.05) is 0 Å². The van der Waals surface area contributed by atoms with Gasteiger partial charge < -0.3 is 30.2 Å². The first-order valence-corrected chi connectivity index (χ1v) is 15.2. The molecule has 3 unspecified atom stereocenters. The van der Waals surface area contributed by atoms with E-state index in [1.165, 1.54) is 4.90 Å². The minimum Gasteiger partial charge on any atom is -0.464 e. The number of thiol groups is 3. The van der Waals surface area contributed by atoms with E-state index < -0.39 is 87.6 Å². The molecule has 0 aromatic rings. The Kier molecular flexibility index (Phi) is 17.1. The standard InChI is InChI=1S/C27H48N4O9S3/c1-10-38-22(35)19(25(4,5)41)28-16(32)13-31(14-17(33)29-20(26(6,7)42)23(36)39-11-2)15-18(34)30-21(27(8,9)43)24(37)40-12-3/h19-21,41-43H,10-15H2,1-9H3,(H,28,32)(H,29,33)(H,30,34). The summed E-state index contributed by atoms with van der Waals surface area (Å²) in [4.78, 5) is 78.0. The van der Waals surface area contributed by atoms with Gasteiger partial charge in [0.25, 0.3) is 0 Å². The van der Waals surface area contributed by atoms with E-state index in [-0.39, 0.29) is 19.8 Å². The summed E-state index contributed by atoms with van der Waals surface area (Å²) in [5.74, 6) is -4.27. The molecule has 0 fully saturated rings. The average Bonchev–Trinajstić information content (AvgIpc) is 2.82. The van der Waals surface area contributed by atoms with Gasteiger partial charge >= 0.3 is 17.9 Å². The van der Waals surface area contributed by atoms with Crippen LogP contribution < -0.4 is 16.0 Å². The van der Waals surface area contributed by atoms with Gasteiger partial charge in [-0.05, 0) is 62.3 Å². The molecule has 0 aliphatic heterocycles. The van der Waals surface area contributed by atoms with Gasteiger partial charge in [-0.3, -0.25) is 19.3 Å². The monoisotopic (exact) mass is 668 g/mol. The summed E-state index contributed by atoms with van der Waals surface area (Å²) >= 11 is 13.2. The Morgan fingerprint density at radius 1 is 0.535 bits per heavy atom. The molecule has 3 N–H and O–H groups in total. The van der Waals surface area contributed by atoms with E-state index in [2.05, 4.69) is 53.8 Å². The molecule has 16 heteroatoms. The van der Waals surface area contributed by atoms with Crippen LogP contribution in [0.4, 0.5) is 0 Å². The zero-order valence-corrected chi connectivity index (χ0v) is 29.1. The van der Waals surface area contributed by atoms with E-state index in [0.29, 0.717) is 0 Å². The molecule has 0 rings (SSSR count). The van der Waals surface area contributed by atoms with Gasteiger partial charge in [0, 0.05) is 14.2 Å². The number of nitrogens with zero attached hydrogens (tertiary/aromatic N) is 1. The number of nitrogens with one attached hydrogen (secondary N) is 3. The molecule has 0 aromatic heterocycles. The van der Waals surface area contributed by atoms with Crippen LogP contribution in [0.3, 0.4) is 0 Å². The molecule has 3 amide bonds. The Labute approximate surface area is 270 Å². The van der Waals surface area contributed by atoms with Crippen molar-refractivity contribution >= 4 is 73.5 Å². The third kappa shape index (κ3) is 15.4. The third-order valence-corrected chi connectivity index (χ3v) is 6.48. The molecule has 43 heavy (non-hydrogen) atoms. The Balaban J connectivity index is 6.11. The van der Waals surface area contributed by atoms with E-state index >= 15 is 0 Å². The minimum absolute atomic E-state index is 0.0772. The van der Waals surface area contributed by atoms with Crippen LogP contribution in [0.15, 0.2) is 0 Å². The van der Waals surface area contributed by atoms with Gasteiger partial charge in [0.05, 0.1) is 39.5 Å². The number of amides is 3. The Morgan fingerprint density at radius 3 is 0.907 bits per heavy atom. The van der Waals surface area contributed by atoms with Crippen LogP contribution in [0.2, 0.25) is 0 Å². The van der Waals surface area contributed by atoms with Crippen molar-refractivity contribution in [3.05, 3.63) is 0 Å². The maximum absolute atomic E-state index is 13.1. The van der Waals surface area contributed by atoms with Crippen LogP contribution in [0.1, 0.15) is 62.3 Å². The zero-order chi connectivity index (χ0) is 33.8. The lowest BCUT2D eigenvalue weighted by Gasteiger charge is -2.32. The molecule has 3 atom stereocenters. The second-order valence-electron chi connectivity index (χ2n) is 11.4. The molecule has 0 bridgehead atoms. The van der Waals surface area contributed by atoms with E-state index in [0.717, 1.165) is 0 Å². The van der Waals surface area contributed by atoms with Crippen molar-refractivity contribution in [2.75, 3.05) is 39.5 Å². The van der Waals surface area contributed by atoms with E-state index in [1.54, 1.807) is 62.3 Å². The number of ether oxygens (including phenoxy) is 3. The van der Waals surface area contributed by atoms with Gasteiger partial charge in [0.15, 0.2) is 0 Å². The molecular weight excluding hydrogens is 621 g/mol. The van der Waals surface area contributed by atoms with Crippen molar-refractivity contribution in [2.45, 2.75) is 94.7 Å². The van der Waals surface area contributed by atoms with Crippen LogP contribution in [-0.4, -0.2) is 112 Å². The highest BCUT2D eigenvalue weighted by molar-refractivity contribution is 7.82. The Morgan fingerprint density at radius 2 is 0.744 bits per heavy atom. The second kappa shape index (κ2) is 18.0. The van der Waals surface area contributed by atoms with Crippen LogP contribution >= 0.6 is 37.9 Å². The van der Waals surface area contributed by atoms with Crippen LogP contribution in [-0.2, 0) is 43.0 Å². The molecular formula is C27H48N4O9S3. The Hall–Kier alpha value is -2.17. The van der Waals surface area contributed by atoms with Crippen molar-refractivity contribution < 1.29 is 43.0 Å². The largest absolute Gasteiger partial charge is 0.464 e. The summed E-state index contributed by atoms with van der Waals surface area (Å²) in [6, 6.07) is -3.45. The number of carbonyl (C=O) groups is 6. The van der Waals surface area contributed by atoms with E-state index in [9.17, 15) is 28.8 Å². The van der Waals surface area contributed by atoms with Crippen LogP contribution in [0.25, 0.3) is 0 Å². The smallest absolute Gasteiger partial charge is 0.330 e. The average molecular weight is 669 g/mol. The minimum atomic E-state index is -1.15.